The van der Waals surface area contributed by atoms with Crippen molar-refractivity contribution in [2.75, 3.05) is 13.2 Å². The third-order valence-electron chi connectivity index (χ3n) is 3.36. The van der Waals surface area contributed by atoms with Gasteiger partial charge in [-0.3, -0.25) is 0 Å². The first kappa shape index (κ1) is 11.9. The van der Waals surface area contributed by atoms with Crippen LogP contribution < -0.4 is 5.32 Å². The molecule has 3 heteroatoms. The summed E-state index contributed by atoms with van der Waals surface area (Å²) in [6.45, 7) is 1.31. The molecule has 1 heterocycles. The summed E-state index contributed by atoms with van der Waals surface area (Å²) >= 11 is 6.14. The minimum atomic E-state index is 0.266. The molecule has 2 rings (SSSR count). The molecule has 0 amide bonds. The summed E-state index contributed by atoms with van der Waals surface area (Å²) < 4.78 is 0. The lowest BCUT2D eigenvalue weighted by Gasteiger charge is -2.31. The first-order valence-corrected chi connectivity index (χ1v) is 6.26. The van der Waals surface area contributed by atoms with Gasteiger partial charge in [0.05, 0.1) is 0 Å². The summed E-state index contributed by atoms with van der Waals surface area (Å²) in [5, 5.41) is 13.6. The fourth-order valence-electron chi connectivity index (χ4n) is 2.38. The first-order chi connectivity index (χ1) is 7.81. The molecular weight excluding hydrogens is 222 g/mol. The summed E-state index contributed by atoms with van der Waals surface area (Å²) in [5.41, 5.74) is 1.17. The Hall–Kier alpha value is -0.570. The van der Waals surface area contributed by atoms with Gasteiger partial charge in [0.25, 0.3) is 0 Å². The zero-order valence-corrected chi connectivity index (χ0v) is 10.1. The van der Waals surface area contributed by atoms with E-state index in [1.165, 1.54) is 5.56 Å². The molecule has 0 spiro atoms. The van der Waals surface area contributed by atoms with Gasteiger partial charge in [0.2, 0.25) is 0 Å². The zero-order valence-electron chi connectivity index (χ0n) is 9.32. The van der Waals surface area contributed by atoms with Crippen molar-refractivity contribution in [3.8, 4) is 0 Å². The van der Waals surface area contributed by atoms with Gasteiger partial charge < -0.3 is 10.4 Å². The summed E-state index contributed by atoms with van der Waals surface area (Å²) in [6.07, 6.45) is 3.17. The van der Waals surface area contributed by atoms with E-state index in [1.54, 1.807) is 0 Å². The Morgan fingerprint density at radius 3 is 2.94 bits per heavy atom. The van der Waals surface area contributed by atoms with Crippen LogP contribution in [0.3, 0.4) is 0 Å². The van der Waals surface area contributed by atoms with E-state index < -0.39 is 0 Å². The van der Waals surface area contributed by atoms with Crippen LogP contribution in [0.25, 0.3) is 0 Å². The molecule has 1 fully saturated rings. The summed E-state index contributed by atoms with van der Waals surface area (Å²) in [6, 6.07) is 8.31. The number of benzene rings is 1. The molecule has 0 saturated carbocycles. The predicted molar refractivity (Wildman–Crippen MR) is 66.8 cm³/mol. The standard InChI is InChI=1S/C13H18ClNO/c14-12-6-2-1-4-10(12)8-13-11(9-16)5-3-7-15-13/h1-2,4,6,11,13,15-16H,3,5,7-9H2. The van der Waals surface area contributed by atoms with E-state index >= 15 is 0 Å². The highest BCUT2D eigenvalue weighted by molar-refractivity contribution is 6.31. The van der Waals surface area contributed by atoms with E-state index in [-0.39, 0.29) is 6.61 Å². The molecule has 88 valence electrons. The lowest BCUT2D eigenvalue weighted by atomic mass is 9.87. The van der Waals surface area contributed by atoms with Gasteiger partial charge in [-0.15, -0.1) is 0 Å². The molecule has 2 N–H and O–H groups in total. The summed E-state index contributed by atoms with van der Waals surface area (Å²) in [7, 11) is 0. The van der Waals surface area contributed by atoms with Crippen LogP contribution in [0.1, 0.15) is 18.4 Å². The molecule has 1 aliphatic rings. The van der Waals surface area contributed by atoms with Crippen LogP contribution >= 0.6 is 11.6 Å². The number of piperidine rings is 1. The maximum Gasteiger partial charge on any atom is 0.0474 e. The van der Waals surface area contributed by atoms with Crippen LogP contribution in [-0.4, -0.2) is 24.3 Å². The van der Waals surface area contributed by atoms with Crippen molar-refractivity contribution in [1.82, 2.24) is 5.32 Å². The van der Waals surface area contributed by atoms with Crippen LogP contribution in [0, 0.1) is 5.92 Å². The molecule has 0 radical (unpaired) electrons. The van der Waals surface area contributed by atoms with Crippen molar-refractivity contribution in [2.45, 2.75) is 25.3 Å². The van der Waals surface area contributed by atoms with Crippen molar-refractivity contribution in [3.05, 3.63) is 34.9 Å². The molecule has 1 aliphatic heterocycles. The molecular formula is C13H18ClNO. The molecule has 1 saturated heterocycles. The molecule has 0 aromatic heterocycles. The van der Waals surface area contributed by atoms with Gasteiger partial charge >= 0.3 is 0 Å². The Kier molecular flexibility index (Phi) is 4.22. The fourth-order valence-corrected chi connectivity index (χ4v) is 2.59. The van der Waals surface area contributed by atoms with Gasteiger partial charge in [0.15, 0.2) is 0 Å². The van der Waals surface area contributed by atoms with Gasteiger partial charge in [-0.2, -0.15) is 0 Å². The molecule has 1 aromatic carbocycles. The Morgan fingerprint density at radius 1 is 1.38 bits per heavy atom. The van der Waals surface area contributed by atoms with Crippen molar-refractivity contribution in [3.63, 3.8) is 0 Å². The number of rotatable bonds is 3. The SMILES string of the molecule is OCC1CCCNC1Cc1ccccc1Cl. The van der Waals surface area contributed by atoms with E-state index in [0.717, 1.165) is 30.8 Å². The Bertz CT molecular complexity index is 342. The van der Waals surface area contributed by atoms with Crippen LogP contribution in [0.2, 0.25) is 5.02 Å². The second kappa shape index (κ2) is 5.67. The minimum Gasteiger partial charge on any atom is -0.396 e. The number of hydrogen-bond acceptors (Lipinski definition) is 2. The average molecular weight is 240 g/mol. The molecule has 2 atom stereocenters. The normalized spacial score (nSPS) is 25.6. The summed E-state index contributed by atoms with van der Waals surface area (Å²) in [4.78, 5) is 0. The largest absolute Gasteiger partial charge is 0.396 e. The number of halogens is 1. The lowest BCUT2D eigenvalue weighted by Crippen LogP contribution is -2.44. The summed E-state index contributed by atoms with van der Waals surface area (Å²) in [5.74, 6) is 0.366. The quantitative estimate of drug-likeness (QED) is 0.848. The van der Waals surface area contributed by atoms with Gasteiger partial charge in [0, 0.05) is 17.7 Å². The monoisotopic (exact) mass is 239 g/mol. The highest BCUT2D eigenvalue weighted by Crippen LogP contribution is 2.23. The first-order valence-electron chi connectivity index (χ1n) is 5.89. The van der Waals surface area contributed by atoms with Crippen molar-refractivity contribution in [1.29, 1.82) is 0 Å². The van der Waals surface area contributed by atoms with E-state index in [0.29, 0.717) is 12.0 Å². The number of aliphatic hydroxyl groups is 1. The number of nitrogens with one attached hydrogen (secondary N) is 1. The van der Waals surface area contributed by atoms with Crippen molar-refractivity contribution >= 4 is 11.6 Å². The van der Waals surface area contributed by atoms with E-state index in [1.807, 2.05) is 18.2 Å². The second-order valence-electron chi connectivity index (χ2n) is 4.44. The van der Waals surface area contributed by atoms with Crippen LogP contribution in [-0.2, 0) is 6.42 Å². The van der Waals surface area contributed by atoms with Crippen LogP contribution in [0.4, 0.5) is 0 Å². The third-order valence-corrected chi connectivity index (χ3v) is 3.73. The number of aliphatic hydroxyl groups excluding tert-OH is 1. The smallest absolute Gasteiger partial charge is 0.0474 e. The van der Waals surface area contributed by atoms with Crippen LogP contribution in [0.5, 0.6) is 0 Å². The maximum atomic E-state index is 9.34. The third kappa shape index (κ3) is 2.76. The van der Waals surface area contributed by atoms with Crippen molar-refractivity contribution < 1.29 is 5.11 Å². The van der Waals surface area contributed by atoms with E-state index in [2.05, 4.69) is 11.4 Å². The van der Waals surface area contributed by atoms with Gasteiger partial charge in [-0.25, -0.2) is 0 Å². The highest BCUT2D eigenvalue weighted by atomic mass is 35.5. The molecule has 16 heavy (non-hydrogen) atoms. The molecule has 0 bridgehead atoms. The fraction of sp³-hybridized carbons (Fsp3) is 0.538. The molecule has 2 unspecified atom stereocenters. The Labute approximate surface area is 102 Å². The molecule has 0 aliphatic carbocycles. The molecule has 2 nitrogen and oxygen atoms in total. The second-order valence-corrected chi connectivity index (χ2v) is 4.85. The maximum absolute atomic E-state index is 9.34. The van der Waals surface area contributed by atoms with Crippen LogP contribution in [0.15, 0.2) is 24.3 Å². The highest BCUT2D eigenvalue weighted by Gasteiger charge is 2.24. The van der Waals surface area contributed by atoms with E-state index in [4.69, 9.17) is 11.6 Å². The number of hydrogen-bond donors (Lipinski definition) is 2. The molecule has 1 aromatic rings. The zero-order chi connectivity index (χ0) is 11.4. The Morgan fingerprint density at radius 2 is 2.19 bits per heavy atom. The van der Waals surface area contributed by atoms with Gasteiger partial charge in [-0.05, 0) is 43.4 Å². The van der Waals surface area contributed by atoms with Gasteiger partial charge in [0.1, 0.15) is 0 Å². The lowest BCUT2D eigenvalue weighted by molar-refractivity contribution is 0.159. The topological polar surface area (TPSA) is 32.3 Å². The Balaban J connectivity index is 2.05. The van der Waals surface area contributed by atoms with E-state index in [9.17, 15) is 5.11 Å². The predicted octanol–water partition coefficient (Wildman–Crippen LogP) is 2.24. The van der Waals surface area contributed by atoms with Gasteiger partial charge in [-0.1, -0.05) is 29.8 Å². The van der Waals surface area contributed by atoms with Crippen molar-refractivity contribution in [2.24, 2.45) is 5.92 Å². The minimum absolute atomic E-state index is 0.266. The average Bonchev–Trinajstić information content (AvgIpc) is 2.33.